The molecule has 0 atom stereocenters. The van der Waals surface area contributed by atoms with E-state index in [9.17, 15) is 18.3 Å². The van der Waals surface area contributed by atoms with Gasteiger partial charge >= 0.3 is 5.97 Å². The highest BCUT2D eigenvalue weighted by Gasteiger charge is 2.39. The summed E-state index contributed by atoms with van der Waals surface area (Å²) in [5, 5.41) is 17.9. The van der Waals surface area contributed by atoms with Crippen molar-refractivity contribution >= 4 is 15.8 Å². The lowest BCUT2D eigenvalue weighted by Crippen LogP contribution is -2.09. The van der Waals surface area contributed by atoms with Gasteiger partial charge in [0.25, 0.3) is 0 Å². The molecule has 0 radical (unpaired) electrons. The van der Waals surface area contributed by atoms with Crippen molar-refractivity contribution < 1.29 is 23.4 Å². The largest absolute Gasteiger partial charge is 0.506 e. The summed E-state index contributed by atoms with van der Waals surface area (Å²) in [6, 6.07) is 3.72. The minimum absolute atomic E-state index is 0.282. The number of carboxylic acids is 1. The van der Waals surface area contributed by atoms with Gasteiger partial charge in [-0.15, -0.1) is 0 Å². The summed E-state index contributed by atoms with van der Waals surface area (Å²) in [7, 11) is -3.57. The molecule has 5 nitrogen and oxygen atoms in total. The van der Waals surface area contributed by atoms with Gasteiger partial charge in [0.05, 0.1) is 5.25 Å². The Morgan fingerprint density at radius 1 is 1.31 bits per heavy atom. The molecule has 1 saturated carbocycles. The molecule has 0 unspecified atom stereocenters. The van der Waals surface area contributed by atoms with Crippen LogP contribution in [0.2, 0.25) is 0 Å². The van der Waals surface area contributed by atoms with E-state index in [1.807, 2.05) is 0 Å². The molecule has 0 spiro atoms. The van der Waals surface area contributed by atoms with E-state index in [0.717, 1.165) is 0 Å². The Hall–Kier alpha value is -1.56. The maximum absolute atomic E-state index is 11.8. The van der Waals surface area contributed by atoms with E-state index in [0.29, 0.717) is 12.8 Å². The monoisotopic (exact) mass is 242 g/mol. The first-order valence-electron chi connectivity index (χ1n) is 4.74. The first-order chi connectivity index (χ1) is 7.44. The first-order valence-corrected chi connectivity index (χ1v) is 6.28. The maximum Gasteiger partial charge on any atom is 0.339 e. The third-order valence-corrected chi connectivity index (χ3v) is 4.79. The molecule has 0 aliphatic heterocycles. The number of aromatic carboxylic acids is 1. The third-order valence-electron chi connectivity index (χ3n) is 2.50. The third kappa shape index (κ3) is 1.65. The highest BCUT2D eigenvalue weighted by Crippen LogP contribution is 2.38. The average Bonchev–Trinajstić information content (AvgIpc) is 3.00. The molecule has 0 saturated heterocycles. The van der Waals surface area contributed by atoms with Gasteiger partial charge in [-0.05, 0) is 25.0 Å². The molecule has 0 bridgehead atoms. The summed E-state index contributed by atoms with van der Waals surface area (Å²) in [6.45, 7) is 0. The zero-order chi connectivity index (χ0) is 11.9. The molecule has 1 aliphatic rings. The molecule has 1 aliphatic carbocycles. The summed E-state index contributed by atoms with van der Waals surface area (Å²) in [6.07, 6.45) is 1.14. The van der Waals surface area contributed by atoms with Crippen molar-refractivity contribution in [2.24, 2.45) is 0 Å². The van der Waals surface area contributed by atoms with Gasteiger partial charge in [0, 0.05) is 0 Å². The van der Waals surface area contributed by atoms with Gasteiger partial charge in [-0.3, -0.25) is 0 Å². The zero-order valence-corrected chi connectivity index (χ0v) is 9.07. The van der Waals surface area contributed by atoms with Crippen LogP contribution in [0.15, 0.2) is 23.1 Å². The van der Waals surface area contributed by atoms with E-state index < -0.39 is 26.8 Å². The van der Waals surface area contributed by atoms with Crippen LogP contribution in [0.4, 0.5) is 0 Å². The van der Waals surface area contributed by atoms with Crippen LogP contribution in [0, 0.1) is 0 Å². The minimum atomic E-state index is -3.57. The first kappa shape index (κ1) is 10.9. The normalized spacial score (nSPS) is 16.0. The number of carbonyl (C=O) groups is 1. The molecule has 1 fully saturated rings. The Bertz CT molecular complexity index is 542. The van der Waals surface area contributed by atoms with Gasteiger partial charge in [-0.1, -0.05) is 6.07 Å². The summed E-state index contributed by atoms with van der Waals surface area (Å²) >= 11 is 0. The molecule has 0 aromatic heterocycles. The van der Waals surface area contributed by atoms with E-state index in [2.05, 4.69) is 0 Å². The predicted octanol–water partition coefficient (Wildman–Crippen LogP) is 1.03. The number of benzene rings is 1. The zero-order valence-electron chi connectivity index (χ0n) is 8.25. The van der Waals surface area contributed by atoms with Crippen molar-refractivity contribution in [2.45, 2.75) is 23.0 Å². The number of aromatic hydroxyl groups is 1. The van der Waals surface area contributed by atoms with E-state index >= 15 is 0 Å². The van der Waals surface area contributed by atoms with Crippen LogP contribution in [0.3, 0.4) is 0 Å². The second-order valence-corrected chi connectivity index (χ2v) is 5.90. The average molecular weight is 242 g/mol. The smallest absolute Gasteiger partial charge is 0.339 e. The van der Waals surface area contributed by atoms with E-state index in [4.69, 9.17) is 5.11 Å². The molecular formula is C10H10O5S. The predicted molar refractivity (Wildman–Crippen MR) is 55.3 cm³/mol. The minimum Gasteiger partial charge on any atom is -0.506 e. The van der Waals surface area contributed by atoms with Gasteiger partial charge < -0.3 is 10.2 Å². The van der Waals surface area contributed by atoms with Crippen molar-refractivity contribution in [3.63, 3.8) is 0 Å². The number of sulfone groups is 1. The van der Waals surface area contributed by atoms with Crippen LogP contribution in [-0.2, 0) is 9.84 Å². The van der Waals surface area contributed by atoms with Crippen LogP contribution in [-0.4, -0.2) is 29.9 Å². The summed E-state index contributed by atoms with van der Waals surface area (Å²) in [4.78, 5) is 10.4. The number of carboxylic acid groups (broad SMARTS) is 1. The van der Waals surface area contributed by atoms with Gasteiger partial charge in [0.15, 0.2) is 9.84 Å². The molecule has 16 heavy (non-hydrogen) atoms. The number of hydrogen-bond acceptors (Lipinski definition) is 4. The Balaban J connectivity index is 2.58. The Morgan fingerprint density at radius 3 is 2.44 bits per heavy atom. The standard InChI is InChI=1S/C10H10O5S/c11-9-7(10(12)13)2-1-3-8(9)16(14,15)6-4-5-6/h1-3,6,11H,4-5H2,(H,12,13). The number of rotatable bonds is 3. The SMILES string of the molecule is O=C(O)c1cccc(S(=O)(=O)C2CC2)c1O. The maximum atomic E-state index is 11.8. The quantitative estimate of drug-likeness (QED) is 0.825. The summed E-state index contributed by atoms with van der Waals surface area (Å²) < 4.78 is 23.7. The van der Waals surface area contributed by atoms with Crippen LogP contribution >= 0.6 is 0 Å². The van der Waals surface area contributed by atoms with Crippen LogP contribution in [0.25, 0.3) is 0 Å². The Kier molecular flexibility index (Phi) is 2.38. The van der Waals surface area contributed by atoms with Crippen molar-refractivity contribution in [3.8, 4) is 5.75 Å². The highest BCUT2D eigenvalue weighted by molar-refractivity contribution is 7.92. The van der Waals surface area contributed by atoms with Crippen molar-refractivity contribution in [3.05, 3.63) is 23.8 Å². The van der Waals surface area contributed by atoms with E-state index in [1.165, 1.54) is 18.2 Å². The van der Waals surface area contributed by atoms with E-state index in [-0.39, 0.29) is 10.5 Å². The van der Waals surface area contributed by atoms with Crippen LogP contribution in [0.5, 0.6) is 5.75 Å². The lowest BCUT2D eigenvalue weighted by Gasteiger charge is -2.07. The van der Waals surface area contributed by atoms with Gasteiger partial charge in [-0.2, -0.15) is 0 Å². The molecule has 0 amide bonds. The van der Waals surface area contributed by atoms with Gasteiger partial charge in [0.2, 0.25) is 0 Å². The fourth-order valence-electron chi connectivity index (χ4n) is 1.48. The van der Waals surface area contributed by atoms with Gasteiger partial charge in [-0.25, -0.2) is 13.2 Å². The fraction of sp³-hybridized carbons (Fsp3) is 0.300. The lowest BCUT2D eigenvalue weighted by molar-refractivity contribution is 0.0693. The molecule has 2 N–H and O–H groups in total. The lowest BCUT2D eigenvalue weighted by atomic mass is 10.2. The molecule has 1 aromatic carbocycles. The molecule has 86 valence electrons. The molecular weight excluding hydrogens is 232 g/mol. The van der Waals surface area contributed by atoms with Crippen molar-refractivity contribution in [1.82, 2.24) is 0 Å². The second-order valence-electron chi connectivity index (χ2n) is 3.70. The Labute approximate surface area is 92.3 Å². The molecule has 2 rings (SSSR count). The number of phenols is 1. The van der Waals surface area contributed by atoms with Gasteiger partial charge in [0.1, 0.15) is 16.2 Å². The van der Waals surface area contributed by atoms with Crippen LogP contribution < -0.4 is 0 Å². The van der Waals surface area contributed by atoms with E-state index in [1.54, 1.807) is 0 Å². The van der Waals surface area contributed by atoms with Crippen molar-refractivity contribution in [1.29, 1.82) is 0 Å². The highest BCUT2D eigenvalue weighted by atomic mass is 32.2. The fourth-order valence-corrected chi connectivity index (χ4v) is 3.25. The van der Waals surface area contributed by atoms with Crippen LogP contribution in [0.1, 0.15) is 23.2 Å². The molecule has 6 heteroatoms. The number of para-hydroxylation sites is 1. The molecule has 1 aromatic rings. The number of hydrogen-bond donors (Lipinski definition) is 2. The summed E-state index contributed by atoms with van der Waals surface area (Å²) in [5.41, 5.74) is -0.387. The molecule has 0 heterocycles. The topological polar surface area (TPSA) is 91.7 Å². The second kappa shape index (κ2) is 3.48. The Morgan fingerprint density at radius 2 is 1.94 bits per heavy atom. The summed E-state index contributed by atoms with van der Waals surface area (Å²) in [5.74, 6) is -2.01. The van der Waals surface area contributed by atoms with Crippen molar-refractivity contribution in [2.75, 3.05) is 0 Å².